The molecule has 8 nitrogen and oxygen atoms in total. The van der Waals surface area contributed by atoms with E-state index in [1.807, 2.05) is 13.8 Å². The molecule has 0 bridgehead atoms. The topological polar surface area (TPSA) is 108 Å². The summed E-state index contributed by atoms with van der Waals surface area (Å²) in [4.78, 5) is 40.2. The molecule has 20 heavy (non-hydrogen) atoms. The van der Waals surface area contributed by atoms with Gasteiger partial charge in [-0.2, -0.15) is 5.01 Å². The molecule has 1 aromatic heterocycles. The summed E-state index contributed by atoms with van der Waals surface area (Å²) in [6.07, 6.45) is 0. The van der Waals surface area contributed by atoms with E-state index in [1.165, 1.54) is 11.8 Å². The molecule has 0 spiro atoms. The quantitative estimate of drug-likeness (QED) is 0.274. The molecule has 0 aliphatic carbocycles. The van der Waals surface area contributed by atoms with Crippen molar-refractivity contribution < 1.29 is 4.79 Å². The highest BCUT2D eigenvalue weighted by molar-refractivity contribution is 7.99. The lowest BCUT2D eigenvalue weighted by molar-refractivity contribution is 0.216. The van der Waals surface area contributed by atoms with Crippen molar-refractivity contribution in [2.75, 3.05) is 17.7 Å². The Morgan fingerprint density at radius 3 is 2.90 bits per heavy atom. The first-order valence-electron chi connectivity index (χ1n) is 5.72. The van der Waals surface area contributed by atoms with Crippen molar-refractivity contribution in [3.63, 3.8) is 0 Å². The smallest absolute Gasteiger partial charge is 0.301 e. The molecular formula is C10H14ClN5O3S. The lowest BCUT2D eigenvalue weighted by atomic mass is 10.5. The van der Waals surface area contributed by atoms with Crippen molar-refractivity contribution in [3.8, 4) is 0 Å². The molecule has 1 rings (SSSR count). The molecule has 0 aliphatic rings. The first kappa shape index (κ1) is 16.4. The number of nitrogens with one attached hydrogen (secondary N) is 2. The SMILES string of the molecule is CC(C)Sc1nc(NC(=O)N(CCCl)N=O)cc(=O)[nH]1. The number of anilines is 1. The average Bonchev–Trinajstić information content (AvgIpc) is 2.33. The average molecular weight is 320 g/mol. The molecule has 10 heteroatoms. The highest BCUT2D eigenvalue weighted by Crippen LogP contribution is 2.18. The molecule has 0 unspecified atom stereocenters. The van der Waals surface area contributed by atoms with Gasteiger partial charge < -0.3 is 4.98 Å². The molecule has 0 radical (unpaired) electrons. The van der Waals surface area contributed by atoms with Crippen molar-refractivity contribution in [1.29, 1.82) is 0 Å². The number of thioether (sulfide) groups is 1. The Hall–Kier alpha value is -1.61. The maximum atomic E-state index is 11.7. The standard InChI is InChI=1S/C10H14ClN5O3S/c1-6(2)20-9-12-7(5-8(17)14-9)13-10(18)16(15-19)4-3-11/h5-6H,3-4H2,1-2H3,(H2,12,13,14,17,18). The second kappa shape index (κ2) is 7.85. The fourth-order valence-electron chi connectivity index (χ4n) is 1.21. The van der Waals surface area contributed by atoms with E-state index in [9.17, 15) is 14.5 Å². The molecule has 0 atom stereocenters. The Labute approximate surface area is 124 Å². The van der Waals surface area contributed by atoms with Crippen LogP contribution in [0, 0.1) is 4.91 Å². The predicted octanol–water partition coefficient (Wildman–Crippen LogP) is 2.02. The van der Waals surface area contributed by atoms with Gasteiger partial charge in [-0.25, -0.2) is 9.78 Å². The maximum absolute atomic E-state index is 11.7. The molecule has 2 amide bonds. The number of halogens is 1. The van der Waals surface area contributed by atoms with Gasteiger partial charge in [-0.1, -0.05) is 25.6 Å². The van der Waals surface area contributed by atoms with Crippen LogP contribution in [-0.4, -0.2) is 38.7 Å². The largest absolute Gasteiger partial charge is 0.346 e. The number of H-pyrrole nitrogens is 1. The van der Waals surface area contributed by atoms with E-state index >= 15 is 0 Å². The Kier molecular flexibility index (Phi) is 6.46. The lowest BCUT2D eigenvalue weighted by Gasteiger charge is -2.12. The van der Waals surface area contributed by atoms with Gasteiger partial charge in [0.05, 0.1) is 11.8 Å². The van der Waals surface area contributed by atoms with Crippen LogP contribution in [-0.2, 0) is 0 Å². The van der Waals surface area contributed by atoms with Gasteiger partial charge in [-0.3, -0.25) is 10.1 Å². The number of hydrogen-bond acceptors (Lipinski definition) is 6. The number of amides is 2. The van der Waals surface area contributed by atoms with Crippen molar-refractivity contribution in [1.82, 2.24) is 15.0 Å². The van der Waals surface area contributed by atoms with E-state index in [-0.39, 0.29) is 23.5 Å². The number of nitrogens with zero attached hydrogens (tertiary/aromatic N) is 3. The molecule has 1 heterocycles. The number of carbonyl (C=O) groups is 1. The van der Waals surface area contributed by atoms with Gasteiger partial charge in [-0.05, 0) is 0 Å². The Balaban J connectivity index is 2.86. The van der Waals surface area contributed by atoms with E-state index in [1.54, 1.807) is 0 Å². The molecule has 2 N–H and O–H groups in total. The number of aromatic amines is 1. The summed E-state index contributed by atoms with van der Waals surface area (Å²) in [7, 11) is 0. The second-order valence-electron chi connectivity index (χ2n) is 3.93. The molecule has 0 saturated heterocycles. The van der Waals surface area contributed by atoms with Crippen LogP contribution in [0.2, 0.25) is 0 Å². The summed E-state index contributed by atoms with van der Waals surface area (Å²) in [6, 6.07) is 0.325. The third-order valence-electron chi connectivity index (χ3n) is 1.93. The van der Waals surface area contributed by atoms with Crippen LogP contribution in [0.3, 0.4) is 0 Å². The fraction of sp³-hybridized carbons (Fsp3) is 0.500. The minimum atomic E-state index is -0.792. The van der Waals surface area contributed by atoms with Gasteiger partial charge >= 0.3 is 6.03 Å². The van der Waals surface area contributed by atoms with Gasteiger partial charge in [0, 0.05) is 17.2 Å². The Morgan fingerprint density at radius 2 is 2.35 bits per heavy atom. The zero-order chi connectivity index (χ0) is 15.1. The van der Waals surface area contributed by atoms with Crippen LogP contribution in [0.15, 0.2) is 21.3 Å². The highest BCUT2D eigenvalue weighted by Gasteiger charge is 2.15. The number of alkyl halides is 1. The molecule has 110 valence electrons. The summed E-state index contributed by atoms with van der Waals surface area (Å²) in [5.41, 5.74) is -0.401. The van der Waals surface area contributed by atoms with Gasteiger partial charge in [-0.15, -0.1) is 16.5 Å². The minimum absolute atomic E-state index is 0.0340. The Bertz CT molecular complexity index is 536. The molecule has 1 aromatic rings. The highest BCUT2D eigenvalue weighted by atomic mass is 35.5. The lowest BCUT2D eigenvalue weighted by Crippen LogP contribution is -2.32. The minimum Gasteiger partial charge on any atom is -0.301 e. The Morgan fingerprint density at radius 1 is 1.65 bits per heavy atom. The predicted molar refractivity (Wildman–Crippen MR) is 78.1 cm³/mol. The number of rotatable bonds is 6. The van der Waals surface area contributed by atoms with Crippen molar-refractivity contribution >= 4 is 35.2 Å². The van der Waals surface area contributed by atoms with Crippen LogP contribution in [0.25, 0.3) is 0 Å². The van der Waals surface area contributed by atoms with Crippen molar-refractivity contribution in [2.24, 2.45) is 5.29 Å². The number of nitroso groups, excluding NO2 is 1. The number of aromatic nitrogens is 2. The third-order valence-corrected chi connectivity index (χ3v) is 2.99. The van der Waals surface area contributed by atoms with Crippen LogP contribution in [0.1, 0.15) is 13.8 Å². The van der Waals surface area contributed by atoms with Crippen LogP contribution < -0.4 is 10.9 Å². The number of hydrogen-bond donors (Lipinski definition) is 2. The van der Waals surface area contributed by atoms with E-state index in [4.69, 9.17) is 11.6 Å². The van der Waals surface area contributed by atoms with Gasteiger partial charge in [0.25, 0.3) is 5.56 Å². The second-order valence-corrected chi connectivity index (χ2v) is 5.87. The van der Waals surface area contributed by atoms with E-state index in [0.29, 0.717) is 10.2 Å². The molecule has 0 fully saturated rings. The molecule has 0 aliphatic heterocycles. The fourth-order valence-corrected chi connectivity index (χ4v) is 2.13. The van der Waals surface area contributed by atoms with Gasteiger partial charge in [0.1, 0.15) is 5.82 Å². The number of urea groups is 1. The van der Waals surface area contributed by atoms with Crippen LogP contribution >= 0.6 is 23.4 Å². The van der Waals surface area contributed by atoms with Crippen molar-refractivity contribution in [3.05, 3.63) is 21.3 Å². The zero-order valence-corrected chi connectivity index (χ0v) is 12.5. The van der Waals surface area contributed by atoms with E-state index < -0.39 is 11.6 Å². The summed E-state index contributed by atoms with van der Waals surface area (Å²) < 4.78 is 0. The first-order chi connectivity index (χ1) is 9.46. The molecular weight excluding hydrogens is 306 g/mol. The monoisotopic (exact) mass is 319 g/mol. The summed E-state index contributed by atoms with van der Waals surface area (Å²) >= 11 is 6.78. The molecule has 0 aromatic carbocycles. The van der Waals surface area contributed by atoms with Crippen LogP contribution in [0.4, 0.5) is 10.6 Å². The number of carbonyl (C=O) groups excluding carboxylic acids is 1. The summed E-state index contributed by atoms with van der Waals surface area (Å²) in [6.45, 7) is 3.84. The first-order valence-corrected chi connectivity index (χ1v) is 7.13. The van der Waals surface area contributed by atoms with Gasteiger partial charge in [0.2, 0.25) is 0 Å². The normalized spacial score (nSPS) is 10.4. The third kappa shape index (κ3) is 5.17. The van der Waals surface area contributed by atoms with Crippen LogP contribution in [0.5, 0.6) is 0 Å². The van der Waals surface area contributed by atoms with E-state index in [2.05, 4.69) is 20.6 Å². The summed E-state index contributed by atoms with van der Waals surface area (Å²) in [5, 5.41) is 6.07. The van der Waals surface area contributed by atoms with Gasteiger partial charge in [0.15, 0.2) is 5.16 Å². The zero-order valence-electron chi connectivity index (χ0n) is 10.9. The van der Waals surface area contributed by atoms with E-state index in [0.717, 1.165) is 6.07 Å². The molecule has 0 saturated carbocycles. The van der Waals surface area contributed by atoms with Crippen molar-refractivity contribution in [2.45, 2.75) is 24.3 Å². The summed E-state index contributed by atoms with van der Waals surface area (Å²) in [5.74, 6) is 0.112. The maximum Gasteiger partial charge on any atom is 0.346 e.